The summed E-state index contributed by atoms with van der Waals surface area (Å²) in [6, 6.07) is 6.58. The first-order chi connectivity index (χ1) is 12.5. The van der Waals surface area contributed by atoms with Crippen molar-refractivity contribution in [2.45, 2.75) is 13.5 Å². The van der Waals surface area contributed by atoms with Crippen LogP contribution in [0.2, 0.25) is 0 Å². The summed E-state index contributed by atoms with van der Waals surface area (Å²) in [5, 5.41) is 4.64. The Morgan fingerprint density at radius 2 is 1.88 bits per heavy atom. The van der Waals surface area contributed by atoms with E-state index in [2.05, 4.69) is 15.1 Å². The molecule has 6 nitrogen and oxygen atoms in total. The molecule has 1 aliphatic rings. The van der Waals surface area contributed by atoms with E-state index in [0.29, 0.717) is 6.54 Å². The third-order valence-corrected chi connectivity index (χ3v) is 5.47. The summed E-state index contributed by atoms with van der Waals surface area (Å²) in [7, 11) is 0. The van der Waals surface area contributed by atoms with Gasteiger partial charge in [-0.15, -0.1) is 0 Å². The summed E-state index contributed by atoms with van der Waals surface area (Å²) in [5.41, 5.74) is 1.85. The van der Waals surface area contributed by atoms with Crippen LogP contribution in [0.25, 0.3) is 0 Å². The van der Waals surface area contributed by atoms with Crippen LogP contribution in [0.1, 0.15) is 5.69 Å². The standard InChI is InChI=1S/C18H23FN4O2S/c1-14-13-26-18(25)23(14)12-17(24)20-6-7-21-8-10-22(11-9-21)16-4-2-15(19)3-5-16/h2-5,13H,6-12H2,1H3,(H,20,24). The number of aromatic nitrogens is 1. The molecule has 140 valence electrons. The van der Waals surface area contributed by atoms with Crippen molar-refractivity contribution >= 4 is 22.9 Å². The number of carbonyl (C=O) groups excluding carboxylic acids is 1. The number of nitrogens with one attached hydrogen (secondary N) is 1. The van der Waals surface area contributed by atoms with Crippen molar-refractivity contribution < 1.29 is 9.18 Å². The third-order valence-electron chi connectivity index (χ3n) is 4.59. The fourth-order valence-electron chi connectivity index (χ4n) is 3.03. The van der Waals surface area contributed by atoms with Gasteiger partial charge in [0.05, 0.1) is 0 Å². The summed E-state index contributed by atoms with van der Waals surface area (Å²) in [5.74, 6) is -0.360. The Bertz CT molecular complexity index is 794. The predicted molar refractivity (Wildman–Crippen MR) is 101 cm³/mol. The molecule has 1 aromatic carbocycles. The molecule has 0 bridgehead atoms. The summed E-state index contributed by atoms with van der Waals surface area (Å²) < 4.78 is 14.5. The zero-order chi connectivity index (χ0) is 18.5. The van der Waals surface area contributed by atoms with Gasteiger partial charge < -0.3 is 10.2 Å². The van der Waals surface area contributed by atoms with Gasteiger partial charge in [-0.1, -0.05) is 11.3 Å². The van der Waals surface area contributed by atoms with Gasteiger partial charge in [-0.3, -0.25) is 19.1 Å². The van der Waals surface area contributed by atoms with Gasteiger partial charge in [-0.25, -0.2) is 4.39 Å². The van der Waals surface area contributed by atoms with E-state index >= 15 is 0 Å². The van der Waals surface area contributed by atoms with Crippen LogP contribution in [-0.4, -0.2) is 54.6 Å². The number of piperazine rings is 1. The molecule has 0 radical (unpaired) electrons. The fourth-order valence-corrected chi connectivity index (χ4v) is 3.77. The van der Waals surface area contributed by atoms with Crippen LogP contribution in [0.5, 0.6) is 0 Å². The van der Waals surface area contributed by atoms with Gasteiger partial charge in [0.2, 0.25) is 5.91 Å². The monoisotopic (exact) mass is 378 g/mol. The Morgan fingerprint density at radius 3 is 2.50 bits per heavy atom. The van der Waals surface area contributed by atoms with E-state index in [0.717, 1.165) is 55.4 Å². The molecule has 0 atom stereocenters. The first kappa shape index (κ1) is 18.6. The van der Waals surface area contributed by atoms with Gasteiger partial charge in [-0.05, 0) is 31.2 Å². The number of halogens is 1. The number of benzene rings is 1. The number of anilines is 1. The molecular formula is C18H23FN4O2S. The maximum absolute atomic E-state index is 13.0. The molecule has 26 heavy (non-hydrogen) atoms. The van der Waals surface area contributed by atoms with Crippen LogP contribution in [0.3, 0.4) is 0 Å². The summed E-state index contributed by atoms with van der Waals surface area (Å²) in [6.07, 6.45) is 0. The molecule has 1 fully saturated rings. The number of nitrogens with zero attached hydrogens (tertiary/aromatic N) is 3. The molecule has 1 amide bonds. The van der Waals surface area contributed by atoms with E-state index in [1.165, 1.54) is 16.7 Å². The molecule has 2 aromatic rings. The molecule has 0 spiro atoms. The minimum absolute atomic E-state index is 0.0759. The largest absolute Gasteiger partial charge is 0.369 e. The maximum Gasteiger partial charge on any atom is 0.307 e. The van der Waals surface area contributed by atoms with Crippen LogP contribution in [0.4, 0.5) is 10.1 Å². The quantitative estimate of drug-likeness (QED) is 0.823. The highest BCUT2D eigenvalue weighted by molar-refractivity contribution is 7.07. The van der Waals surface area contributed by atoms with Crippen molar-refractivity contribution in [3.05, 3.63) is 50.8 Å². The number of carbonyl (C=O) groups is 1. The number of hydrogen-bond donors (Lipinski definition) is 1. The van der Waals surface area contributed by atoms with Gasteiger partial charge in [0.1, 0.15) is 12.4 Å². The minimum atomic E-state index is -0.219. The molecule has 0 saturated carbocycles. The lowest BCUT2D eigenvalue weighted by atomic mass is 10.2. The highest BCUT2D eigenvalue weighted by atomic mass is 32.1. The number of hydrogen-bond acceptors (Lipinski definition) is 5. The molecule has 0 unspecified atom stereocenters. The summed E-state index contributed by atoms with van der Waals surface area (Å²) in [4.78, 5) is 28.1. The molecule has 1 aliphatic heterocycles. The van der Waals surface area contributed by atoms with E-state index in [1.807, 2.05) is 6.92 Å². The van der Waals surface area contributed by atoms with Crippen LogP contribution in [0.15, 0.2) is 34.4 Å². The Labute approximate surface area is 155 Å². The Morgan fingerprint density at radius 1 is 1.19 bits per heavy atom. The van der Waals surface area contributed by atoms with Crippen LogP contribution < -0.4 is 15.1 Å². The molecule has 8 heteroatoms. The van der Waals surface area contributed by atoms with E-state index in [9.17, 15) is 14.0 Å². The topological polar surface area (TPSA) is 57.6 Å². The zero-order valence-corrected chi connectivity index (χ0v) is 15.6. The Kier molecular flexibility index (Phi) is 6.05. The van der Waals surface area contributed by atoms with Crippen molar-refractivity contribution in [2.75, 3.05) is 44.2 Å². The highest BCUT2D eigenvalue weighted by Gasteiger charge is 2.17. The highest BCUT2D eigenvalue weighted by Crippen LogP contribution is 2.16. The van der Waals surface area contributed by atoms with Crippen molar-refractivity contribution in [3.63, 3.8) is 0 Å². The first-order valence-electron chi connectivity index (χ1n) is 8.67. The second-order valence-electron chi connectivity index (χ2n) is 6.38. The van der Waals surface area contributed by atoms with Gasteiger partial charge in [0.15, 0.2) is 0 Å². The smallest absolute Gasteiger partial charge is 0.307 e. The number of rotatable bonds is 6. The van der Waals surface area contributed by atoms with E-state index in [4.69, 9.17) is 0 Å². The average molecular weight is 378 g/mol. The van der Waals surface area contributed by atoms with E-state index in [1.54, 1.807) is 17.5 Å². The lowest BCUT2D eigenvalue weighted by Crippen LogP contribution is -2.48. The maximum atomic E-state index is 13.0. The Balaban J connectivity index is 1.38. The Hall–Kier alpha value is -2.19. The van der Waals surface area contributed by atoms with E-state index in [-0.39, 0.29) is 23.1 Å². The molecule has 2 heterocycles. The van der Waals surface area contributed by atoms with Crippen molar-refractivity contribution in [1.29, 1.82) is 0 Å². The van der Waals surface area contributed by atoms with Gasteiger partial charge in [-0.2, -0.15) is 0 Å². The van der Waals surface area contributed by atoms with Gasteiger partial charge >= 0.3 is 4.87 Å². The molecule has 1 saturated heterocycles. The van der Waals surface area contributed by atoms with E-state index < -0.39 is 0 Å². The number of aryl methyl sites for hydroxylation is 1. The van der Waals surface area contributed by atoms with Crippen molar-refractivity contribution in [3.8, 4) is 0 Å². The van der Waals surface area contributed by atoms with Crippen molar-refractivity contribution in [1.82, 2.24) is 14.8 Å². The van der Waals surface area contributed by atoms with Crippen LogP contribution in [-0.2, 0) is 11.3 Å². The molecule has 1 N–H and O–H groups in total. The van der Waals surface area contributed by atoms with Crippen molar-refractivity contribution in [2.24, 2.45) is 0 Å². The molecular weight excluding hydrogens is 355 g/mol. The molecule has 3 rings (SSSR count). The zero-order valence-electron chi connectivity index (χ0n) is 14.8. The second-order valence-corrected chi connectivity index (χ2v) is 7.20. The number of amides is 1. The first-order valence-corrected chi connectivity index (χ1v) is 9.55. The second kappa shape index (κ2) is 8.46. The normalized spacial score (nSPS) is 15.2. The van der Waals surface area contributed by atoms with Crippen LogP contribution >= 0.6 is 11.3 Å². The molecule has 0 aliphatic carbocycles. The number of thiazole rings is 1. The predicted octanol–water partition coefficient (Wildman–Crippen LogP) is 1.30. The van der Waals surface area contributed by atoms with Crippen LogP contribution in [0, 0.1) is 12.7 Å². The van der Waals surface area contributed by atoms with Gasteiger partial charge in [0, 0.05) is 56.0 Å². The third kappa shape index (κ3) is 4.70. The van der Waals surface area contributed by atoms with Gasteiger partial charge in [0.25, 0.3) is 0 Å². The summed E-state index contributed by atoms with van der Waals surface area (Å²) >= 11 is 1.11. The SMILES string of the molecule is Cc1csc(=O)n1CC(=O)NCCN1CCN(c2ccc(F)cc2)CC1. The minimum Gasteiger partial charge on any atom is -0.369 e. The fraction of sp³-hybridized carbons (Fsp3) is 0.444. The lowest BCUT2D eigenvalue weighted by molar-refractivity contribution is -0.121. The molecule has 1 aromatic heterocycles. The summed E-state index contributed by atoms with van der Waals surface area (Å²) in [6.45, 7) is 6.80. The average Bonchev–Trinajstić information content (AvgIpc) is 2.95. The lowest BCUT2D eigenvalue weighted by Gasteiger charge is -2.36.